The number of anilines is 2. The average molecular weight is 266 g/mol. The van der Waals surface area contributed by atoms with Crippen molar-refractivity contribution in [3.05, 3.63) is 52.9 Å². The number of halogens is 2. The first-order chi connectivity index (χ1) is 8.58. The van der Waals surface area contributed by atoms with Crippen LogP contribution in [0.5, 0.6) is 0 Å². The zero-order valence-corrected chi connectivity index (χ0v) is 9.91. The van der Waals surface area contributed by atoms with E-state index in [0.29, 0.717) is 0 Å². The molecule has 0 atom stereocenters. The van der Waals surface area contributed by atoms with Crippen molar-refractivity contribution < 1.29 is 9.18 Å². The van der Waals surface area contributed by atoms with Gasteiger partial charge in [-0.25, -0.2) is 9.37 Å². The summed E-state index contributed by atoms with van der Waals surface area (Å²) in [6.07, 6.45) is 0. The van der Waals surface area contributed by atoms with Crippen molar-refractivity contribution in [3.8, 4) is 0 Å². The molecule has 0 radical (unpaired) electrons. The number of pyridine rings is 1. The number of amides is 1. The topological polar surface area (TPSA) is 68.0 Å². The van der Waals surface area contributed by atoms with Crippen molar-refractivity contribution in [2.24, 2.45) is 0 Å². The maximum atomic E-state index is 13.2. The molecular weight excluding hydrogens is 257 g/mol. The van der Waals surface area contributed by atoms with E-state index in [9.17, 15) is 9.18 Å². The molecule has 4 nitrogen and oxygen atoms in total. The van der Waals surface area contributed by atoms with E-state index in [1.54, 1.807) is 18.2 Å². The van der Waals surface area contributed by atoms with Crippen molar-refractivity contribution in [2.45, 2.75) is 0 Å². The predicted molar refractivity (Wildman–Crippen MR) is 68.0 cm³/mol. The molecule has 0 aliphatic rings. The van der Waals surface area contributed by atoms with E-state index >= 15 is 0 Å². The Hall–Kier alpha value is -2.14. The Bertz CT molecular complexity index is 604. The van der Waals surface area contributed by atoms with Crippen molar-refractivity contribution in [1.29, 1.82) is 0 Å². The van der Waals surface area contributed by atoms with Gasteiger partial charge in [0.15, 0.2) is 0 Å². The van der Waals surface area contributed by atoms with Crippen LogP contribution in [0.2, 0.25) is 5.15 Å². The summed E-state index contributed by atoms with van der Waals surface area (Å²) in [6.45, 7) is 0. The molecule has 0 aliphatic heterocycles. The molecule has 0 saturated heterocycles. The third-order valence-electron chi connectivity index (χ3n) is 2.25. The summed E-state index contributed by atoms with van der Waals surface area (Å²) in [7, 11) is 0. The SMILES string of the molecule is Nc1c(F)cccc1C(=O)Nc1cccc(Cl)n1. The second-order valence-corrected chi connectivity index (χ2v) is 3.89. The molecule has 1 heterocycles. The molecule has 0 aliphatic carbocycles. The fraction of sp³-hybridized carbons (Fsp3) is 0. The molecule has 6 heteroatoms. The molecule has 2 rings (SSSR count). The molecular formula is C12H9ClFN3O. The number of hydrogen-bond acceptors (Lipinski definition) is 3. The average Bonchev–Trinajstić information content (AvgIpc) is 2.32. The number of nitrogens with two attached hydrogens (primary N) is 1. The third-order valence-corrected chi connectivity index (χ3v) is 2.46. The van der Waals surface area contributed by atoms with Crippen LogP contribution in [0.25, 0.3) is 0 Å². The number of nitrogens with one attached hydrogen (secondary N) is 1. The van der Waals surface area contributed by atoms with E-state index < -0.39 is 11.7 Å². The van der Waals surface area contributed by atoms with E-state index in [-0.39, 0.29) is 22.2 Å². The van der Waals surface area contributed by atoms with Gasteiger partial charge in [0.1, 0.15) is 16.8 Å². The second-order valence-electron chi connectivity index (χ2n) is 3.50. The molecule has 1 aromatic heterocycles. The van der Waals surface area contributed by atoms with Crippen LogP contribution in [-0.2, 0) is 0 Å². The predicted octanol–water partition coefficient (Wildman–Crippen LogP) is 2.71. The van der Waals surface area contributed by atoms with Crippen molar-refractivity contribution in [3.63, 3.8) is 0 Å². The number of nitrogens with zero attached hydrogens (tertiary/aromatic N) is 1. The first kappa shape index (κ1) is 12.3. The summed E-state index contributed by atoms with van der Waals surface area (Å²) in [6, 6.07) is 8.81. The molecule has 3 N–H and O–H groups in total. The molecule has 92 valence electrons. The quantitative estimate of drug-likeness (QED) is 0.648. The van der Waals surface area contributed by atoms with Crippen LogP contribution in [0.15, 0.2) is 36.4 Å². The number of aromatic nitrogens is 1. The highest BCUT2D eigenvalue weighted by molar-refractivity contribution is 6.29. The number of carbonyl (C=O) groups excluding carboxylic acids is 1. The molecule has 0 spiro atoms. The van der Waals surface area contributed by atoms with Gasteiger partial charge in [-0.1, -0.05) is 23.7 Å². The van der Waals surface area contributed by atoms with E-state index in [2.05, 4.69) is 10.3 Å². The summed E-state index contributed by atoms with van der Waals surface area (Å²) in [5.74, 6) is -0.903. The Morgan fingerprint density at radius 3 is 2.72 bits per heavy atom. The van der Waals surface area contributed by atoms with Gasteiger partial charge in [0.05, 0.1) is 11.3 Å². The van der Waals surface area contributed by atoms with Gasteiger partial charge in [-0.05, 0) is 24.3 Å². The van der Waals surface area contributed by atoms with Gasteiger partial charge < -0.3 is 11.1 Å². The van der Waals surface area contributed by atoms with E-state index in [1.165, 1.54) is 18.2 Å². The normalized spacial score (nSPS) is 10.1. The van der Waals surface area contributed by atoms with Crippen LogP contribution in [0, 0.1) is 5.82 Å². The third kappa shape index (κ3) is 2.57. The van der Waals surface area contributed by atoms with Crippen LogP contribution < -0.4 is 11.1 Å². The Labute approximate surface area is 108 Å². The monoisotopic (exact) mass is 265 g/mol. The highest BCUT2D eigenvalue weighted by Gasteiger charge is 2.13. The smallest absolute Gasteiger partial charge is 0.259 e. The fourth-order valence-electron chi connectivity index (χ4n) is 1.40. The number of para-hydroxylation sites is 1. The lowest BCUT2D eigenvalue weighted by Gasteiger charge is -2.07. The molecule has 0 fully saturated rings. The van der Waals surface area contributed by atoms with Gasteiger partial charge in [0.25, 0.3) is 5.91 Å². The van der Waals surface area contributed by atoms with Gasteiger partial charge >= 0.3 is 0 Å². The first-order valence-corrected chi connectivity index (χ1v) is 5.43. The summed E-state index contributed by atoms with van der Waals surface area (Å²) < 4.78 is 13.2. The van der Waals surface area contributed by atoms with E-state index in [0.717, 1.165) is 0 Å². The summed E-state index contributed by atoms with van der Waals surface area (Å²) in [4.78, 5) is 15.7. The molecule has 1 amide bonds. The number of benzene rings is 1. The largest absolute Gasteiger partial charge is 0.396 e. The molecule has 0 saturated carbocycles. The highest BCUT2D eigenvalue weighted by Crippen LogP contribution is 2.17. The second kappa shape index (κ2) is 5.01. The van der Waals surface area contributed by atoms with Crippen LogP contribution in [0.4, 0.5) is 15.9 Å². The standard InChI is InChI=1S/C12H9ClFN3O/c13-9-5-2-6-10(16-9)17-12(18)7-3-1-4-8(14)11(7)15/h1-6H,15H2,(H,16,17,18). The van der Waals surface area contributed by atoms with Crippen molar-refractivity contribution >= 4 is 29.0 Å². The van der Waals surface area contributed by atoms with Gasteiger partial charge in [-0.15, -0.1) is 0 Å². The van der Waals surface area contributed by atoms with Crippen LogP contribution in [0.1, 0.15) is 10.4 Å². The lowest BCUT2D eigenvalue weighted by Crippen LogP contribution is -2.15. The molecule has 0 bridgehead atoms. The minimum absolute atomic E-state index is 0.0526. The number of carbonyl (C=O) groups is 1. The van der Waals surface area contributed by atoms with Crippen molar-refractivity contribution in [1.82, 2.24) is 4.98 Å². The number of rotatable bonds is 2. The Morgan fingerprint density at radius 1 is 1.28 bits per heavy atom. The summed E-state index contributed by atoms with van der Waals surface area (Å²) in [5, 5.41) is 2.74. The van der Waals surface area contributed by atoms with Crippen molar-refractivity contribution in [2.75, 3.05) is 11.1 Å². The molecule has 2 aromatic rings. The zero-order chi connectivity index (χ0) is 13.1. The summed E-state index contributed by atoms with van der Waals surface area (Å²) in [5.41, 5.74) is 5.34. The van der Waals surface area contributed by atoms with Crippen LogP contribution >= 0.6 is 11.6 Å². The van der Waals surface area contributed by atoms with Gasteiger partial charge in [0.2, 0.25) is 0 Å². The fourth-order valence-corrected chi connectivity index (χ4v) is 1.56. The Morgan fingerprint density at radius 2 is 2.00 bits per heavy atom. The number of nitrogen functional groups attached to an aromatic ring is 1. The highest BCUT2D eigenvalue weighted by atomic mass is 35.5. The first-order valence-electron chi connectivity index (χ1n) is 5.06. The zero-order valence-electron chi connectivity index (χ0n) is 9.15. The molecule has 0 unspecified atom stereocenters. The minimum atomic E-state index is -0.637. The lowest BCUT2D eigenvalue weighted by atomic mass is 10.1. The van der Waals surface area contributed by atoms with Gasteiger partial charge in [-0.2, -0.15) is 0 Å². The van der Waals surface area contributed by atoms with Gasteiger partial charge in [-0.3, -0.25) is 4.79 Å². The van der Waals surface area contributed by atoms with E-state index in [1.807, 2.05) is 0 Å². The molecule has 1 aromatic carbocycles. The Balaban J connectivity index is 2.25. The lowest BCUT2D eigenvalue weighted by molar-refractivity contribution is 0.102. The summed E-state index contributed by atoms with van der Waals surface area (Å²) >= 11 is 5.68. The Kier molecular flexibility index (Phi) is 3.43. The minimum Gasteiger partial charge on any atom is -0.396 e. The number of hydrogen-bond donors (Lipinski definition) is 2. The van der Waals surface area contributed by atoms with Crippen LogP contribution in [0.3, 0.4) is 0 Å². The van der Waals surface area contributed by atoms with Gasteiger partial charge in [0, 0.05) is 0 Å². The van der Waals surface area contributed by atoms with E-state index in [4.69, 9.17) is 17.3 Å². The van der Waals surface area contributed by atoms with Crippen LogP contribution in [-0.4, -0.2) is 10.9 Å². The maximum Gasteiger partial charge on any atom is 0.259 e. The maximum absolute atomic E-state index is 13.2. The molecule has 18 heavy (non-hydrogen) atoms.